The van der Waals surface area contributed by atoms with E-state index in [1.54, 1.807) is 30.5 Å². The molecular formula is C23H21N5O. The minimum absolute atomic E-state index is 0.00828. The maximum absolute atomic E-state index is 13.0. The van der Waals surface area contributed by atoms with Crippen molar-refractivity contribution >= 4 is 23.1 Å². The number of piperazine rings is 1. The number of benzene rings is 2. The molecule has 2 heterocycles. The van der Waals surface area contributed by atoms with Crippen molar-refractivity contribution in [3.63, 3.8) is 0 Å². The molecule has 6 heteroatoms. The maximum Gasteiger partial charge on any atom is 0.254 e. The van der Waals surface area contributed by atoms with Gasteiger partial charge in [0, 0.05) is 49.3 Å². The molecule has 1 aromatic heterocycles. The molecule has 0 saturated carbocycles. The molecule has 144 valence electrons. The predicted octanol–water partition coefficient (Wildman–Crippen LogP) is 3.66. The number of hydrogen-bond donors (Lipinski definition) is 1. The van der Waals surface area contributed by atoms with Gasteiger partial charge in [0.05, 0.1) is 11.6 Å². The molecule has 1 saturated heterocycles. The second-order valence-electron chi connectivity index (χ2n) is 6.86. The van der Waals surface area contributed by atoms with Crippen LogP contribution in [-0.4, -0.2) is 42.0 Å². The molecule has 0 bridgehead atoms. The van der Waals surface area contributed by atoms with E-state index in [-0.39, 0.29) is 5.91 Å². The maximum atomic E-state index is 13.0. The third-order valence-electron chi connectivity index (χ3n) is 4.96. The number of pyridine rings is 1. The Labute approximate surface area is 170 Å². The Morgan fingerprint density at radius 2 is 1.76 bits per heavy atom. The monoisotopic (exact) mass is 383 g/mol. The highest BCUT2D eigenvalue weighted by Gasteiger charge is 2.22. The number of para-hydroxylation sites is 1. The molecule has 29 heavy (non-hydrogen) atoms. The molecule has 0 atom stereocenters. The fraction of sp³-hybridized carbons (Fsp3) is 0.174. The topological polar surface area (TPSA) is 72.3 Å². The summed E-state index contributed by atoms with van der Waals surface area (Å²) < 4.78 is 0. The third-order valence-corrected chi connectivity index (χ3v) is 4.96. The summed E-state index contributed by atoms with van der Waals surface area (Å²) in [5.41, 5.74) is 3.12. The quantitative estimate of drug-likeness (QED) is 0.744. The van der Waals surface area contributed by atoms with E-state index in [0.717, 1.165) is 18.8 Å². The Kier molecular flexibility index (Phi) is 5.39. The number of carbonyl (C=O) groups excluding carboxylic acids is 1. The fourth-order valence-electron chi connectivity index (χ4n) is 3.44. The minimum atomic E-state index is 0.00828. The van der Waals surface area contributed by atoms with E-state index in [2.05, 4.69) is 33.4 Å². The molecule has 1 fully saturated rings. The largest absolute Gasteiger partial charge is 0.368 e. The van der Waals surface area contributed by atoms with Crippen LogP contribution in [-0.2, 0) is 0 Å². The van der Waals surface area contributed by atoms with E-state index in [4.69, 9.17) is 5.26 Å². The van der Waals surface area contributed by atoms with E-state index in [1.165, 1.54) is 5.69 Å². The first-order chi connectivity index (χ1) is 14.2. The van der Waals surface area contributed by atoms with Gasteiger partial charge in [0.2, 0.25) is 0 Å². The lowest BCUT2D eigenvalue weighted by molar-refractivity contribution is 0.0746. The Morgan fingerprint density at radius 3 is 2.52 bits per heavy atom. The van der Waals surface area contributed by atoms with Gasteiger partial charge in [-0.25, -0.2) is 4.98 Å². The molecule has 0 radical (unpaired) electrons. The Morgan fingerprint density at radius 1 is 0.966 bits per heavy atom. The number of nitrogens with one attached hydrogen (secondary N) is 1. The zero-order chi connectivity index (χ0) is 20.1. The van der Waals surface area contributed by atoms with Crippen molar-refractivity contribution in [1.82, 2.24) is 9.88 Å². The first-order valence-corrected chi connectivity index (χ1v) is 9.55. The molecule has 2 aromatic carbocycles. The molecule has 1 amide bonds. The van der Waals surface area contributed by atoms with Crippen molar-refractivity contribution in [2.75, 3.05) is 36.4 Å². The predicted molar refractivity (Wildman–Crippen MR) is 113 cm³/mol. The van der Waals surface area contributed by atoms with Crippen LogP contribution in [0.1, 0.15) is 15.9 Å². The highest BCUT2D eigenvalue weighted by Crippen LogP contribution is 2.19. The average molecular weight is 383 g/mol. The summed E-state index contributed by atoms with van der Waals surface area (Å²) in [4.78, 5) is 21.4. The van der Waals surface area contributed by atoms with Crippen molar-refractivity contribution in [2.24, 2.45) is 0 Å². The molecule has 0 unspecified atom stereocenters. The van der Waals surface area contributed by atoms with Gasteiger partial charge < -0.3 is 15.1 Å². The molecule has 1 aliphatic rings. The molecule has 1 aliphatic heterocycles. The molecule has 4 rings (SSSR count). The number of nitriles is 1. The summed E-state index contributed by atoms with van der Waals surface area (Å²) in [6.45, 7) is 2.99. The standard InChI is InChI=1S/C23H21N5O/c24-17-18-5-4-6-20(15-18)26-22-16-19(9-10-25-22)23(29)28-13-11-27(12-14-28)21-7-2-1-3-8-21/h1-10,15-16H,11-14H2,(H,25,26). The van der Waals surface area contributed by atoms with Crippen molar-refractivity contribution < 1.29 is 4.79 Å². The number of rotatable bonds is 4. The SMILES string of the molecule is N#Cc1cccc(Nc2cc(C(=O)N3CCN(c4ccccc4)CC3)ccn2)c1. The second kappa shape index (κ2) is 8.44. The van der Waals surface area contributed by atoms with Crippen LogP contribution in [0.4, 0.5) is 17.2 Å². The average Bonchev–Trinajstić information content (AvgIpc) is 2.79. The van der Waals surface area contributed by atoms with Gasteiger partial charge in [-0.2, -0.15) is 5.26 Å². The van der Waals surface area contributed by atoms with Gasteiger partial charge in [-0.3, -0.25) is 4.79 Å². The smallest absolute Gasteiger partial charge is 0.254 e. The van der Waals surface area contributed by atoms with Crippen molar-refractivity contribution in [1.29, 1.82) is 5.26 Å². The Hall–Kier alpha value is -3.85. The highest BCUT2D eigenvalue weighted by molar-refractivity contribution is 5.95. The van der Waals surface area contributed by atoms with Crippen LogP contribution in [0.25, 0.3) is 0 Å². The number of hydrogen-bond acceptors (Lipinski definition) is 5. The van der Waals surface area contributed by atoms with Crippen LogP contribution < -0.4 is 10.2 Å². The fourth-order valence-corrected chi connectivity index (χ4v) is 3.44. The first kappa shape index (κ1) is 18.5. The summed E-state index contributed by atoms with van der Waals surface area (Å²) in [5.74, 6) is 0.586. The summed E-state index contributed by atoms with van der Waals surface area (Å²) in [7, 11) is 0. The van der Waals surface area contributed by atoms with Gasteiger partial charge in [-0.1, -0.05) is 24.3 Å². The Balaban J connectivity index is 1.42. The summed E-state index contributed by atoms with van der Waals surface area (Å²) in [5, 5.41) is 12.2. The minimum Gasteiger partial charge on any atom is -0.368 e. The van der Waals surface area contributed by atoms with Gasteiger partial charge in [-0.15, -0.1) is 0 Å². The van der Waals surface area contributed by atoms with E-state index in [0.29, 0.717) is 30.0 Å². The number of carbonyl (C=O) groups is 1. The number of anilines is 3. The lowest BCUT2D eigenvalue weighted by Crippen LogP contribution is -2.48. The summed E-state index contributed by atoms with van der Waals surface area (Å²) >= 11 is 0. The van der Waals surface area contributed by atoms with Crippen LogP contribution >= 0.6 is 0 Å². The highest BCUT2D eigenvalue weighted by atomic mass is 16.2. The van der Waals surface area contributed by atoms with Gasteiger partial charge >= 0.3 is 0 Å². The van der Waals surface area contributed by atoms with Crippen LogP contribution in [0, 0.1) is 11.3 Å². The van der Waals surface area contributed by atoms with Gasteiger partial charge in [0.25, 0.3) is 5.91 Å². The van der Waals surface area contributed by atoms with Crippen LogP contribution in [0.2, 0.25) is 0 Å². The zero-order valence-corrected chi connectivity index (χ0v) is 16.0. The molecule has 0 spiro atoms. The molecule has 1 N–H and O–H groups in total. The Bertz CT molecular complexity index is 1040. The summed E-state index contributed by atoms with van der Waals surface area (Å²) in [6, 6.07) is 23.0. The van der Waals surface area contributed by atoms with Crippen molar-refractivity contribution in [2.45, 2.75) is 0 Å². The number of nitrogens with zero attached hydrogens (tertiary/aromatic N) is 4. The molecule has 6 nitrogen and oxygen atoms in total. The second-order valence-corrected chi connectivity index (χ2v) is 6.86. The normalized spacial score (nSPS) is 13.6. The number of aromatic nitrogens is 1. The van der Waals surface area contributed by atoms with Gasteiger partial charge in [0.1, 0.15) is 5.82 Å². The third kappa shape index (κ3) is 4.36. The van der Waals surface area contributed by atoms with E-state index < -0.39 is 0 Å². The molecule has 3 aromatic rings. The van der Waals surface area contributed by atoms with Gasteiger partial charge in [0.15, 0.2) is 0 Å². The molecule has 0 aliphatic carbocycles. The van der Waals surface area contributed by atoms with E-state index >= 15 is 0 Å². The van der Waals surface area contributed by atoms with E-state index in [1.807, 2.05) is 35.2 Å². The van der Waals surface area contributed by atoms with Crippen molar-refractivity contribution in [3.05, 3.63) is 84.1 Å². The lowest BCUT2D eigenvalue weighted by atomic mass is 10.2. The van der Waals surface area contributed by atoms with E-state index in [9.17, 15) is 4.79 Å². The zero-order valence-electron chi connectivity index (χ0n) is 16.0. The first-order valence-electron chi connectivity index (χ1n) is 9.55. The number of amides is 1. The summed E-state index contributed by atoms with van der Waals surface area (Å²) in [6.07, 6.45) is 1.63. The van der Waals surface area contributed by atoms with Gasteiger partial charge in [-0.05, 0) is 42.5 Å². The van der Waals surface area contributed by atoms with Crippen LogP contribution in [0.5, 0.6) is 0 Å². The van der Waals surface area contributed by atoms with Crippen LogP contribution in [0.15, 0.2) is 72.9 Å². The lowest BCUT2D eigenvalue weighted by Gasteiger charge is -2.36. The molecular weight excluding hydrogens is 362 g/mol. The van der Waals surface area contributed by atoms with Crippen molar-refractivity contribution in [3.8, 4) is 6.07 Å². The van der Waals surface area contributed by atoms with Crippen LogP contribution in [0.3, 0.4) is 0 Å².